The average Bonchev–Trinajstić information content (AvgIpc) is 2.40. The molecule has 0 radical (unpaired) electrons. The highest BCUT2D eigenvalue weighted by molar-refractivity contribution is 8.09. The highest BCUT2D eigenvalue weighted by Crippen LogP contribution is 2.64. The third kappa shape index (κ3) is 4.76. The van der Waals surface area contributed by atoms with E-state index in [1.54, 1.807) is 38.1 Å². The molecule has 0 aliphatic rings. The number of hydrogen-bond acceptors (Lipinski definition) is 6. The number of benzene rings is 1. The molecule has 0 saturated heterocycles. The van der Waals surface area contributed by atoms with Crippen LogP contribution in [0.3, 0.4) is 0 Å². The van der Waals surface area contributed by atoms with Crippen LogP contribution in [0.1, 0.15) is 13.8 Å². The molecule has 1 atom stereocenters. The predicted molar refractivity (Wildman–Crippen MR) is 79.3 cm³/mol. The summed E-state index contributed by atoms with van der Waals surface area (Å²) in [6.07, 6.45) is 0. The fourth-order valence-corrected chi connectivity index (χ4v) is 6.28. The smallest absolute Gasteiger partial charge is 0.309 e. The van der Waals surface area contributed by atoms with Gasteiger partial charge in [0.05, 0.1) is 18.5 Å². The van der Waals surface area contributed by atoms with Crippen molar-refractivity contribution < 1.29 is 22.4 Å². The molecule has 0 aliphatic carbocycles. The first kappa shape index (κ1) is 17.0. The zero-order valence-corrected chi connectivity index (χ0v) is 13.8. The van der Waals surface area contributed by atoms with Gasteiger partial charge in [-0.3, -0.25) is 4.57 Å². The summed E-state index contributed by atoms with van der Waals surface area (Å²) in [5, 5.41) is 0.422. The number of hydrogen-bond donors (Lipinski definition) is 0. The van der Waals surface area contributed by atoms with Crippen LogP contribution in [0.25, 0.3) is 0 Å². The van der Waals surface area contributed by atoms with E-state index >= 15 is 0 Å². The lowest BCUT2D eigenvalue weighted by atomic mass is 10.4. The van der Waals surface area contributed by atoms with Gasteiger partial charge in [0.1, 0.15) is 0 Å². The van der Waals surface area contributed by atoms with Crippen molar-refractivity contribution in [2.45, 2.75) is 13.8 Å². The van der Waals surface area contributed by atoms with Crippen molar-refractivity contribution >= 4 is 31.4 Å². The van der Waals surface area contributed by atoms with Crippen molar-refractivity contribution in [3.05, 3.63) is 30.3 Å². The van der Waals surface area contributed by atoms with Gasteiger partial charge in [0.2, 0.25) is 0 Å². The minimum absolute atomic E-state index is 0.315. The second-order valence-electron chi connectivity index (χ2n) is 3.38. The second kappa shape index (κ2) is 7.65. The average molecular weight is 324 g/mol. The van der Waals surface area contributed by atoms with Crippen molar-refractivity contribution in [3.63, 3.8) is 0 Å². The normalized spacial score (nSPS) is 15.1. The highest BCUT2D eigenvalue weighted by atomic mass is 32.5. The molecule has 0 heterocycles. The fraction of sp³-hybridized carbons (Fsp3) is 0.455. The predicted octanol–water partition coefficient (Wildman–Crippen LogP) is 3.47. The maximum absolute atomic E-state index is 12.7. The minimum Gasteiger partial charge on any atom is -0.309 e. The highest BCUT2D eigenvalue weighted by Gasteiger charge is 2.35. The summed E-state index contributed by atoms with van der Waals surface area (Å²) in [5.74, 6) is 0. The Morgan fingerprint density at radius 1 is 1.11 bits per heavy atom. The Balaban J connectivity index is 3.03. The van der Waals surface area contributed by atoms with Gasteiger partial charge >= 0.3 is 14.3 Å². The van der Waals surface area contributed by atoms with Crippen molar-refractivity contribution in [2.75, 3.05) is 20.3 Å². The molecular formula is C11H18O5P2S. The molecule has 0 N–H and O–H groups in total. The third-order valence-corrected chi connectivity index (χ3v) is 7.55. The van der Waals surface area contributed by atoms with Gasteiger partial charge in [0.15, 0.2) is 0 Å². The molecule has 0 saturated carbocycles. The maximum Gasteiger partial charge on any atom is 0.368 e. The van der Waals surface area contributed by atoms with Gasteiger partial charge in [-0.15, -0.1) is 0 Å². The summed E-state index contributed by atoms with van der Waals surface area (Å²) in [5.41, 5.74) is 0. The van der Waals surface area contributed by atoms with Crippen molar-refractivity contribution in [3.8, 4) is 0 Å². The van der Waals surface area contributed by atoms with Crippen LogP contribution in [-0.4, -0.2) is 20.3 Å². The monoisotopic (exact) mass is 324 g/mol. The van der Waals surface area contributed by atoms with E-state index in [0.717, 1.165) is 0 Å². The van der Waals surface area contributed by atoms with Crippen LogP contribution >= 0.6 is 14.3 Å². The lowest BCUT2D eigenvalue weighted by Gasteiger charge is -2.25. The van der Waals surface area contributed by atoms with Crippen LogP contribution in [-0.2, 0) is 34.3 Å². The SMILES string of the molecule is CCOP(=S)(OCC)OP(=O)(OC)c1ccccc1. The molecule has 1 rings (SSSR count). The molecule has 0 amide bonds. The Labute approximate surface area is 119 Å². The second-order valence-corrected chi connectivity index (χ2v) is 8.66. The van der Waals surface area contributed by atoms with E-state index in [0.29, 0.717) is 18.5 Å². The van der Waals surface area contributed by atoms with E-state index in [1.807, 2.05) is 6.07 Å². The molecular weight excluding hydrogens is 306 g/mol. The van der Waals surface area contributed by atoms with E-state index in [1.165, 1.54) is 7.11 Å². The van der Waals surface area contributed by atoms with Crippen LogP contribution in [0.15, 0.2) is 30.3 Å². The lowest BCUT2D eigenvalue weighted by molar-refractivity contribution is 0.207. The first-order valence-corrected chi connectivity index (χ1v) is 9.91. The molecule has 0 spiro atoms. The third-order valence-electron chi connectivity index (χ3n) is 2.09. The first-order chi connectivity index (χ1) is 8.99. The Kier molecular flexibility index (Phi) is 6.84. The molecule has 1 unspecified atom stereocenters. The summed E-state index contributed by atoms with van der Waals surface area (Å²) in [6, 6.07) is 8.61. The molecule has 19 heavy (non-hydrogen) atoms. The van der Waals surface area contributed by atoms with Gasteiger partial charge in [-0.25, -0.2) is 4.31 Å². The summed E-state index contributed by atoms with van der Waals surface area (Å²) < 4.78 is 33.8. The van der Waals surface area contributed by atoms with Gasteiger partial charge in [-0.2, -0.15) is 0 Å². The summed E-state index contributed by atoms with van der Waals surface area (Å²) in [6.45, 7) is 1.09. The van der Waals surface area contributed by atoms with Crippen molar-refractivity contribution in [1.82, 2.24) is 0 Å². The van der Waals surface area contributed by atoms with Gasteiger partial charge in [-0.05, 0) is 37.8 Å². The topological polar surface area (TPSA) is 54.0 Å². The fourth-order valence-electron chi connectivity index (χ4n) is 1.33. The Morgan fingerprint density at radius 3 is 2.05 bits per heavy atom. The van der Waals surface area contributed by atoms with Gasteiger partial charge in [0, 0.05) is 7.11 Å². The van der Waals surface area contributed by atoms with E-state index < -0.39 is 14.3 Å². The lowest BCUT2D eigenvalue weighted by Crippen LogP contribution is -2.09. The van der Waals surface area contributed by atoms with Crippen LogP contribution in [0, 0.1) is 0 Å². The van der Waals surface area contributed by atoms with E-state index in [2.05, 4.69) is 0 Å². The zero-order chi connectivity index (χ0) is 14.4. The van der Waals surface area contributed by atoms with Gasteiger partial charge in [0.25, 0.3) is 0 Å². The van der Waals surface area contributed by atoms with Crippen LogP contribution in [0.4, 0.5) is 0 Å². The number of rotatable bonds is 8. The van der Waals surface area contributed by atoms with Crippen LogP contribution in [0.2, 0.25) is 0 Å². The maximum atomic E-state index is 12.7. The molecule has 0 fully saturated rings. The standard InChI is InChI=1S/C11H18O5P2S/c1-4-14-18(19,15-5-2)16-17(12,13-3)11-9-7-6-8-10-11/h6-10H,4-5H2,1-3H3. The molecule has 1 aromatic carbocycles. The molecule has 0 bridgehead atoms. The van der Waals surface area contributed by atoms with E-state index in [9.17, 15) is 4.57 Å². The summed E-state index contributed by atoms with van der Waals surface area (Å²) in [7, 11) is -2.23. The zero-order valence-electron chi connectivity index (χ0n) is 11.1. The van der Waals surface area contributed by atoms with Gasteiger partial charge in [-0.1, -0.05) is 18.2 Å². The Hall–Kier alpha value is -0.0600. The molecule has 0 aromatic heterocycles. The van der Waals surface area contributed by atoms with E-state index in [-0.39, 0.29) is 0 Å². The molecule has 8 heteroatoms. The van der Waals surface area contributed by atoms with Crippen LogP contribution in [0.5, 0.6) is 0 Å². The van der Waals surface area contributed by atoms with E-state index in [4.69, 9.17) is 29.7 Å². The minimum atomic E-state index is -3.54. The largest absolute Gasteiger partial charge is 0.368 e. The summed E-state index contributed by atoms with van der Waals surface area (Å²) in [4.78, 5) is 0. The molecule has 1 aromatic rings. The quantitative estimate of drug-likeness (QED) is 0.683. The Morgan fingerprint density at radius 2 is 1.63 bits per heavy atom. The van der Waals surface area contributed by atoms with Crippen molar-refractivity contribution in [1.29, 1.82) is 0 Å². The Bertz CT molecular complexity index is 469. The summed E-state index contributed by atoms with van der Waals surface area (Å²) >= 11 is 5.21. The molecule has 0 aliphatic heterocycles. The molecule has 108 valence electrons. The molecule has 5 nitrogen and oxygen atoms in total. The van der Waals surface area contributed by atoms with Crippen molar-refractivity contribution in [2.24, 2.45) is 0 Å². The first-order valence-electron chi connectivity index (χ1n) is 5.81. The van der Waals surface area contributed by atoms with Gasteiger partial charge < -0.3 is 13.6 Å². The van der Waals surface area contributed by atoms with Crippen LogP contribution < -0.4 is 5.30 Å².